The summed E-state index contributed by atoms with van der Waals surface area (Å²) in [6.45, 7) is 3.37. The van der Waals surface area contributed by atoms with Gasteiger partial charge in [-0.3, -0.25) is 9.69 Å². The number of hydrogen-bond acceptors (Lipinski definition) is 4. The molecule has 1 saturated heterocycles. The molecular formula is C15H21N3O3. The van der Waals surface area contributed by atoms with Gasteiger partial charge in [0.15, 0.2) is 0 Å². The summed E-state index contributed by atoms with van der Waals surface area (Å²) in [6, 6.07) is 6.50. The maximum atomic E-state index is 12.2. The number of likely N-dealkylation sites (N-methyl/N-ethyl adjacent to an activating group) is 2. The van der Waals surface area contributed by atoms with Gasteiger partial charge in [-0.05, 0) is 26.2 Å². The molecule has 1 amide bonds. The van der Waals surface area contributed by atoms with Gasteiger partial charge in [0, 0.05) is 32.2 Å². The fourth-order valence-corrected chi connectivity index (χ4v) is 2.50. The van der Waals surface area contributed by atoms with Crippen LogP contribution in [0.1, 0.15) is 20.7 Å². The number of carboxylic acid groups (broad SMARTS) is 1. The van der Waals surface area contributed by atoms with Gasteiger partial charge < -0.3 is 15.3 Å². The first kappa shape index (κ1) is 15.5. The Labute approximate surface area is 124 Å². The van der Waals surface area contributed by atoms with Crippen LogP contribution in [0.15, 0.2) is 24.3 Å². The molecule has 21 heavy (non-hydrogen) atoms. The van der Waals surface area contributed by atoms with Crippen molar-refractivity contribution in [3.05, 3.63) is 35.4 Å². The van der Waals surface area contributed by atoms with Crippen molar-refractivity contribution in [2.45, 2.75) is 6.04 Å². The highest BCUT2D eigenvalue weighted by Gasteiger charge is 2.23. The van der Waals surface area contributed by atoms with Gasteiger partial charge in [0.05, 0.1) is 11.1 Å². The minimum atomic E-state index is -1.09. The Morgan fingerprint density at radius 2 is 1.90 bits per heavy atom. The van der Waals surface area contributed by atoms with Crippen LogP contribution in [0.25, 0.3) is 0 Å². The second-order valence-corrected chi connectivity index (χ2v) is 5.46. The first-order valence-corrected chi connectivity index (χ1v) is 6.98. The van der Waals surface area contributed by atoms with E-state index in [-0.39, 0.29) is 23.1 Å². The molecule has 1 atom stereocenters. The van der Waals surface area contributed by atoms with Crippen LogP contribution in [-0.2, 0) is 0 Å². The second-order valence-electron chi connectivity index (χ2n) is 5.46. The van der Waals surface area contributed by atoms with Gasteiger partial charge in [-0.1, -0.05) is 12.1 Å². The van der Waals surface area contributed by atoms with Gasteiger partial charge in [0.25, 0.3) is 5.91 Å². The summed E-state index contributed by atoms with van der Waals surface area (Å²) in [4.78, 5) is 27.8. The number of carbonyl (C=O) groups excluding carboxylic acids is 1. The van der Waals surface area contributed by atoms with E-state index in [1.165, 1.54) is 12.1 Å². The maximum absolute atomic E-state index is 12.2. The standard InChI is InChI=1S/C15H21N3O3/c1-17-7-8-18(2)11(10-17)9-16-14(19)12-5-3-4-6-13(12)15(20)21/h3-6,11H,7-10H2,1-2H3,(H,16,19)(H,20,21). The van der Waals surface area contributed by atoms with E-state index in [0.717, 1.165) is 19.6 Å². The second kappa shape index (κ2) is 6.69. The third kappa shape index (κ3) is 3.80. The molecule has 0 saturated carbocycles. The molecule has 0 aromatic heterocycles. The van der Waals surface area contributed by atoms with Crippen molar-refractivity contribution >= 4 is 11.9 Å². The molecule has 2 rings (SSSR count). The van der Waals surface area contributed by atoms with Crippen LogP contribution in [0.3, 0.4) is 0 Å². The highest BCUT2D eigenvalue weighted by atomic mass is 16.4. The molecule has 1 unspecified atom stereocenters. The van der Waals surface area contributed by atoms with Crippen molar-refractivity contribution in [1.29, 1.82) is 0 Å². The van der Waals surface area contributed by atoms with Crippen LogP contribution >= 0.6 is 0 Å². The molecule has 1 aliphatic rings. The minimum Gasteiger partial charge on any atom is -0.478 e. The Morgan fingerprint density at radius 3 is 2.57 bits per heavy atom. The topological polar surface area (TPSA) is 72.9 Å². The fourth-order valence-electron chi connectivity index (χ4n) is 2.50. The van der Waals surface area contributed by atoms with E-state index in [9.17, 15) is 9.59 Å². The lowest BCUT2D eigenvalue weighted by atomic mass is 10.1. The van der Waals surface area contributed by atoms with Crippen molar-refractivity contribution in [3.8, 4) is 0 Å². The fraction of sp³-hybridized carbons (Fsp3) is 0.467. The predicted octanol–water partition coefficient (Wildman–Crippen LogP) is 0.360. The van der Waals surface area contributed by atoms with Gasteiger partial charge in [0.2, 0.25) is 0 Å². The van der Waals surface area contributed by atoms with Crippen LogP contribution in [0.2, 0.25) is 0 Å². The average molecular weight is 291 g/mol. The molecule has 1 heterocycles. The quantitative estimate of drug-likeness (QED) is 0.838. The van der Waals surface area contributed by atoms with E-state index in [2.05, 4.69) is 22.2 Å². The maximum Gasteiger partial charge on any atom is 0.336 e. The number of benzene rings is 1. The van der Waals surface area contributed by atoms with Gasteiger partial charge in [-0.25, -0.2) is 4.79 Å². The summed E-state index contributed by atoms with van der Waals surface area (Å²) in [5.41, 5.74) is 0.237. The number of nitrogens with zero attached hydrogens (tertiary/aromatic N) is 2. The van der Waals surface area contributed by atoms with E-state index >= 15 is 0 Å². The van der Waals surface area contributed by atoms with Crippen molar-refractivity contribution < 1.29 is 14.7 Å². The summed E-state index contributed by atoms with van der Waals surface area (Å²) < 4.78 is 0. The van der Waals surface area contributed by atoms with Gasteiger partial charge in [0.1, 0.15) is 0 Å². The molecule has 2 N–H and O–H groups in total. The Morgan fingerprint density at radius 1 is 1.24 bits per heavy atom. The summed E-state index contributed by atoms with van der Waals surface area (Å²) >= 11 is 0. The summed E-state index contributed by atoms with van der Waals surface area (Å²) in [5, 5.41) is 12.0. The van der Waals surface area contributed by atoms with E-state index in [4.69, 9.17) is 5.11 Å². The molecule has 0 radical (unpaired) electrons. The molecule has 114 valence electrons. The Kier molecular flexibility index (Phi) is 4.93. The van der Waals surface area contributed by atoms with Gasteiger partial charge >= 0.3 is 5.97 Å². The number of rotatable bonds is 4. The first-order valence-electron chi connectivity index (χ1n) is 6.98. The third-order valence-corrected chi connectivity index (χ3v) is 3.88. The van der Waals surface area contributed by atoms with Crippen LogP contribution in [0.4, 0.5) is 0 Å². The lowest BCUT2D eigenvalue weighted by Crippen LogP contribution is -2.54. The average Bonchev–Trinajstić information content (AvgIpc) is 2.47. The minimum absolute atomic E-state index is 0.0316. The highest BCUT2D eigenvalue weighted by molar-refractivity contribution is 6.04. The SMILES string of the molecule is CN1CCN(C)C(CNC(=O)c2ccccc2C(=O)O)C1. The Hall–Kier alpha value is -1.92. The number of carbonyl (C=O) groups is 2. The van der Waals surface area contributed by atoms with E-state index < -0.39 is 5.97 Å². The molecule has 0 spiro atoms. The number of carboxylic acids is 1. The van der Waals surface area contributed by atoms with Crippen molar-refractivity contribution in [2.24, 2.45) is 0 Å². The lowest BCUT2D eigenvalue weighted by Gasteiger charge is -2.37. The number of amides is 1. The van der Waals surface area contributed by atoms with Crippen LogP contribution < -0.4 is 5.32 Å². The van der Waals surface area contributed by atoms with E-state index in [1.807, 2.05) is 7.05 Å². The molecule has 0 aliphatic carbocycles. The summed E-state index contributed by atoms with van der Waals surface area (Å²) in [6.07, 6.45) is 0. The van der Waals surface area contributed by atoms with Crippen molar-refractivity contribution in [3.63, 3.8) is 0 Å². The molecule has 1 fully saturated rings. The van der Waals surface area contributed by atoms with Crippen molar-refractivity contribution in [1.82, 2.24) is 15.1 Å². The zero-order chi connectivity index (χ0) is 15.4. The molecule has 1 aliphatic heterocycles. The number of aromatic carboxylic acids is 1. The monoisotopic (exact) mass is 291 g/mol. The molecule has 0 bridgehead atoms. The summed E-state index contributed by atoms with van der Waals surface area (Å²) in [7, 11) is 4.09. The first-order chi connectivity index (χ1) is 9.99. The van der Waals surface area contributed by atoms with Crippen LogP contribution in [0, 0.1) is 0 Å². The van der Waals surface area contributed by atoms with Gasteiger partial charge in [-0.15, -0.1) is 0 Å². The number of piperazine rings is 1. The van der Waals surface area contributed by atoms with E-state index in [1.54, 1.807) is 12.1 Å². The molecule has 1 aromatic rings. The smallest absolute Gasteiger partial charge is 0.336 e. The Bertz CT molecular complexity index is 533. The van der Waals surface area contributed by atoms with Crippen molar-refractivity contribution in [2.75, 3.05) is 40.3 Å². The van der Waals surface area contributed by atoms with Crippen LogP contribution in [-0.4, -0.2) is 73.1 Å². The summed E-state index contributed by atoms with van der Waals surface area (Å²) in [5.74, 6) is -1.43. The highest BCUT2D eigenvalue weighted by Crippen LogP contribution is 2.09. The normalized spacial score (nSPS) is 20.2. The third-order valence-electron chi connectivity index (χ3n) is 3.88. The molecule has 1 aromatic carbocycles. The van der Waals surface area contributed by atoms with Gasteiger partial charge in [-0.2, -0.15) is 0 Å². The predicted molar refractivity (Wildman–Crippen MR) is 79.6 cm³/mol. The molecule has 6 heteroatoms. The van der Waals surface area contributed by atoms with E-state index in [0.29, 0.717) is 6.54 Å². The molecule has 6 nitrogen and oxygen atoms in total. The van der Waals surface area contributed by atoms with Crippen LogP contribution in [0.5, 0.6) is 0 Å². The lowest BCUT2D eigenvalue weighted by molar-refractivity contribution is 0.0689. The zero-order valence-electron chi connectivity index (χ0n) is 12.4. The zero-order valence-corrected chi connectivity index (χ0v) is 12.4. The largest absolute Gasteiger partial charge is 0.478 e. The Balaban J connectivity index is 2.00. The number of nitrogens with one attached hydrogen (secondary N) is 1. The molecular weight excluding hydrogens is 270 g/mol. The number of hydrogen-bond donors (Lipinski definition) is 2.